The van der Waals surface area contributed by atoms with Crippen molar-refractivity contribution in [2.75, 3.05) is 6.54 Å². The van der Waals surface area contributed by atoms with Crippen LogP contribution in [0.1, 0.15) is 36.8 Å². The highest BCUT2D eigenvalue weighted by Gasteiger charge is 2.40. The third-order valence-corrected chi connectivity index (χ3v) is 3.82. The average molecular weight is 261 g/mol. The Labute approximate surface area is 103 Å². The zero-order chi connectivity index (χ0) is 13.4. The molecule has 2 rings (SSSR count). The van der Waals surface area contributed by atoms with Gasteiger partial charge in [-0.3, -0.25) is 0 Å². The van der Waals surface area contributed by atoms with E-state index in [9.17, 15) is 17.6 Å². The molecule has 1 nitrogen and oxygen atoms in total. The largest absolute Gasteiger partial charge is 0.419 e. The summed E-state index contributed by atoms with van der Waals surface area (Å²) >= 11 is 0. The van der Waals surface area contributed by atoms with Crippen molar-refractivity contribution in [1.29, 1.82) is 0 Å². The number of benzene rings is 1. The molecule has 1 aromatic carbocycles. The third kappa shape index (κ3) is 2.23. The second-order valence-electron chi connectivity index (χ2n) is 4.86. The molecule has 0 heterocycles. The number of nitrogens with two attached hydrogens (primary N) is 1. The van der Waals surface area contributed by atoms with Gasteiger partial charge in [0.1, 0.15) is 5.82 Å². The van der Waals surface area contributed by atoms with E-state index in [-0.39, 0.29) is 5.41 Å². The summed E-state index contributed by atoms with van der Waals surface area (Å²) in [6, 6.07) is 3.25. The van der Waals surface area contributed by atoms with Crippen molar-refractivity contribution in [2.24, 2.45) is 5.73 Å². The Morgan fingerprint density at radius 1 is 1.22 bits per heavy atom. The maximum Gasteiger partial charge on any atom is 0.419 e. The Hall–Kier alpha value is -1.10. The molecule has 0 spiro atoms. The van der Waals surface area contributed by atoms with Crippen LogP contribution in [0.25, 0.3) is 0 Å². The van der Waals surface area contributed by atoms with E-state index in [1.165, 1.54) is 6.07 Å². The van der Waals surface area contributed by atoms with E-state index >= 15 is 0 Å². The number of rotatable bonds is 3. The Morgan fingerprint density at radius 2 is 1.89 bits per heavy atom. The van der Waals surface area contributed by atoms with Crippen LogP contribution in [0.5, 0.6) is 0 Å². The number of hydrogen-bond acceptors (Lipinski definition) is 1. The highest BCUT2D eigenvalue weighted by Crippen LogP contribution is 2.47. The predicted molar refractivity (Wildman–Crippen MR) is 60.6 cm³/mol. The normalized spacial score (nSPS) is 18.5. The molecule has 0 aromatic heterocycles. The summed E-state index contributed by atoms with van der Waals surface area (Å²) in [6.07, 6.45) is -1.19. The van der Waals surface area contributed by atoms with Crippen molar-refractivity contribution in [3.8, 4) is 0 Å². The molecule has 1 saturated carbocycles. The standard InChI is InChI=1S/C13H15F4N/c14-11-8-9(2-3-10(11)13(15,16)17)12(6-7-18)4-1-5-12/h2-3,8H,1,4-7,18H2. The van der Waals surface area contributed by atoms with Crippen LogP contribution in [0, 0.1) is 5.82 Å². The van der Waals surface area contributed by atoms with E-state index < -0.39 is 17.6 Å². The van der Waals surface area contributed by atoms with Gasteiger partial charge in [0.2, 0.25) is 0 Å². The van der Waals surface area contributed by atoms with Crippen molar-refractivity contribution in [1.82, 2.24) is 0 Å². The molecule has 18 heavy (non-hydrogen) atoms. The molecule has 1 aliphatic rings. The van der Waals surface area contributed by atoms with Crippen molar-refractivity contribution < 1.29 is 17.6 Å². The molecule has 1 aliphatic carbocycles. The summed E-state index contributed by atoms with van der Waals surface area (Å²) in [4.78, 5) is 0. The van der Waals surface area contributed by atoms with Gasteiger partial charge in [-0.1, -0.05) is 12.5 Å². The van der Waals surface area contributed by atoms with E-state index in [0.29, 0.717) is 18.5 Å². The zero-order valence-electron chi connectivity index (χ0n) is 9.86. The first-order valence-electron chi connectivity index (χ1n) is 5.96. The maximum atomic E-state index is 13.5. The van der Waals surface area contributed by atoms with Crippen LogP contribution < -0.4 is 5.73 Å². The molecular weight excluding hydrogens is 246 g/mol. The van der Waals surface area contributed by atoms with E-state index in [2.05, 4.69) is 0 Å². The van der Waals surface area contributed by atoms with Crippen molar-refractivity contribution in [3.05, 3.63) is 35.1 Å². The summed E-state index contributed by atoms with van der Waals surface area (Å²) in [6.45, 7) is 0.461. The third-order valence-electron chi connectivity index (χ3n) is 3.82. The minimum Gasteiger partial charge on any atom is -0.330 e. The first-order valence-corrected chi connectivity index (χ1v) is 5.96. The predicted octanol–water partition coefficient (Wildman–Crippen LogP) is 3.62. The van der Waals surface area contributed by atoms with Crippen LogP contribution in [0.4, 0.5) is 17.6 Å². The molecule has 0 saturated heterocycles. The molecule has 0 atom stereocenters. The SMILES string of the molecule is NCCC1(c2ccc(C(F)(F)F)c(F)c2)CCC1. The molecule has 100 valence electrons. The minimum atomic E-state index is -4.64. The van der Waals surface area contributed by atoms with Crippen LogP contribution in [0.2, 0.25) is 0 Å². The van der Waals surface area contributed by atoms with Crippen LogP contribution in [0.15, 0.2) is 18.2 Å². The highest BCUT2D eigenvalue weighted by molar-refractivity contribution is 5.33. The Morgan fingerprint density at radius 3 is 2.28 bits per heavy atom. The lowest BCUT2D eigenvalue weighted by Crippen LogP contribution is -2.36. The lowest BCUT2D eigenvalue weighted by atomic mass is 9.62. The maximum absolute atomic E-state index is 13.5. The molecule has 1 fully saturated rings. The molecule has 1 aromatic rings. The van der Waals surface area contributed by atoms with E-state index in [4.69, 9.17) is 5.73 Å². The average Bonchev–Trinajstić information content (AvgIpc) is 2.21. The highest BCUT2D eigenvalue weighted by atomic mass is 19.4. The van der Waals surface area contributed by atoms with Crippen LogP contribution in [-0.4, -0.2) is 6.54 Å². The lowest BCUT2D eigenvalue weighted by Gasteiger charge is -2.42. The lowest BCUT2D eigenvalue weighted by molar-refractivity contribution is -0.140. The van der Waals surface area contributed by atoms with Crippen molar-refractivity contribution in [3.63, 3.8) is 0 Å². The summed E-state index contributed by atoms with van der Waals surface area (Å²) in [5, 5.41) is 0. The quantitative estimate of drug-likeness (QED) is 0.826. The number of alkyl halides is 3. The number of halogens is 4. The van der Waals surface area contributed by atoms with Crippen LogP contribution in [0.3, 0.4) is 0 Å². The van der Waals surface area contributed by atoms with Gasteiger partial charge in [0.05, 0.1) is 5.56 Å². The summed E-state index contributed by atoms with van der Waals surface area (Å²) in [5.74, 6) is -1.19. The van der Waals surface area contributed by atoms with E-state index in [1.54, 1.807) is 0 Å². The summed E-state index contributed by atoms with van der Waals surface area (Å²) in [5.41, 5.74) is 4.76. The van der Waals surface area contributed by atoms with Gasteiger partial charge in [0.15, 0.2) is 0 Å². The molecule has 0 bridgehead atoms. The van der Waals surface area contributed by atoms with Gasteiger partial charge in [-0.15, -0.1) is 0 Å². The molecule has 0 radical (unpaired) electrons. The topological polar surface area (TPSA) is 26.0 Å². The van der Waals surface area contributed by atoms with E-state index in [1.807, 2.05) is 0 Å². The number of hydrogen-bond donors (Lipinski definition) is 1. The fourth-order valence-electron chi connectivity index (χ4n) is 2.64. The fourth-order valence-corrected chi connectivity index (χ4v) is 2.64. The summed E-state index contributed by atoms with van der Waals surface area (Å²) < 4.78 is 50.9. The molecule has 2 N–H and O–H groups in total. The zero-order valence-corrected chi connectivity index (χ0v) is 9.86. The van der Waals surface area contributed by atoms with Gasteiger partial charge in [0.25, 0.3) is 0 Å². The van der Waals surface area contributed by atoms with E-state index in [0.717, 1.165) is 31.4 Å². The minimum absolute atomic E-state index is 0.209. The molecular formula is C13H15F4N. The van der Waals surface area contributed by atoms with Crippen molar-refractivity contribution >= 4 is 0 Å². The van der Waals surface area contributed by atoms with Gasteiger partial charge in [0, 0.05) is 0 Å². The van der Waals surface area contributed by atoms with Crippen molar-refractivity contribution in [2.45, 2.75) is 37.3 Å². The molecule has 0 amide bonds. The first-order chi connectivity index (χ1) is 8.39. The first kappa shape index (κ1) is 13.3. The van der Waals surface area contributed by atoms with Crippen LogP contribution in [-0.2, 0) is 11.6 Å². The summed E-state index contributed by atoms with van der Waals surface area (Å²) in [7, 11) is 0. The molecule has 0 aliphatic heterocycles. The molecule has 0 unspecified atom stereocenters. The van der Waals surface area contributed by atoms with Gasteiger partial charge in [-0.25, -0.2) is 4.39 Å². The van der Waals surface area contributed by atoms with Gasteiger partial charge >= 0.3 is 6.18 Å². The Balaban J connectivity index is 2.34. The molecule has 5 heteroatoms. The smallest absolute Gasteiger partial charge is 0.330 e. The van der Waals surface area contributed by atoms with Gasteiger partial charge in [-0.2, -0.15) is 13.2 Å². The second kappa shape index (κ2) is 4.53. The second-order valence-corrected chi connectivity index (χ2v) is 4.86. The van der Waals surface area contributed by atoms with Gasteiger partial charge < -0.3 is 5.73 Å². The van der Waals surface area contributed by atoms with Crippen LogP contribution >= 0.6 is 0 Å². The monoisotopic (exact) mass is 261 g/mol. The van der Waals surface area contributed by atoms with Gasteiger partial charge in [-0.05, 0) is 48.9 Å². The Bertz CT molecular complexity index is 435. The fraction of sp³-hybridized carbons (Fsp3) is 0.538. The Kier molecular flexibility index (Phi) is 3.36.